The predicted molar refractivity (Wildman–Crippen MR) is 438 cm³/mol. The standard InChI is InChI=1S/C10H15NO.C9H13NO.C8H19NO.4C8H18O.C7H16O2.C7H16O.C6H14O.C5H12O.CH4/c1-10(2,3)12-8-9-6-4-5-7-11-9;1-9(2,3)11-8-5-4-6-10-7-8;1-8(2,3)10-7-6-9(4)5;3*1-7(2)6-9-8(3,4)5;1-5-6-7-9-8(2,3)4;1-7(2,3)9-6-5-8-4;1-5-6-8-7(2,3)4;1-5-7-6(2,3)4;1-5(2,3)6-4;/h4-7H,8H2,1-3H3;4-7H,1-3H3;6-7H2,1-5H3;3*7H,6H2,1-5H3;5-7H2,1-4H3;5-6H2,1-4H3;5-6H2,1-4H3;5H2,1-4H3;1-4H3;1H4. The van der Waals surface area contributed by atoms with Gasteiger partial charge in [0.2, 0.25) is 0 Å². The van der Waals surface area contributed by atoms with Crippen LogP contribution in [0.15, 0.2) is 48.9 Å². The topological polar surface area (TPSA) is 140 Å². The average Bonchev–Trinajstić information content (AvgIpc) is 0.925. The summed E-state index contributed by atoms with van der Waals surface area (Å²) >= 11 is 0. The number of hydrogen-bond donors (Lipinski definition) is 0. The van der Waals surface area contributed by atoms with E-state index in [0.29, 0.717) is 37.6 Å². The van der Waals surface area contributed by atoms with E-state index in [1.165, 1.54) is 12.8 Å². The molecule has 0 spiro atoms. The Hall–Kier alpha value is -2.38. The molecule has 0 aliphatic heterocycles. The van der Waals surface area contributed by atoms with Gasteiger partial charge in [-0.3, -0.25) is 9.97 Å². The molecule has 0 aliphatic carbocycles. The number of ether oxygens (including phenoxy) is 12. The molecule has 0 N–H and O–H groups in total. The largest absolute Gasteiger partial charge is 0.487 e. The van der Waals surface area contributed by atoms with E-state index in [2.05, 4.69) is 216 Å². The highest BCUT2D eigenvalue weighted by molar-refractivity contribution is 5.16. The number of unbranched alkanes of at least 4 members (excludes halogenated alkanes) is 1. The smallest absolute Gasteiger partial charge is 0.138 e. The fourth-order valence-electron chi connectivity index (χ4n) is 5.11. The molecule has 2 rings (SSSR count). The molecule has 2 heterocycles. The Labute approximate surface area is 626 Å². The molecule has 0 amide bonds. The molecular formula is C85H181N3O12. The maximum absolute atomic E-state index is 5.55. The van der Waals surface area contributed by atoms with Crippen LogP contribution in [-0.4, -0.2) is 171 Å². The number of rotatable bonds is 21. The van der Waals surface area contributed by atoms with Crippen molar-refractivity contribution in [1.29, 1.82) is 0 Å². The van der Waals surface area contributed by atoms with Crippen LogP contribution < -0.4 is 4.74 Å². The van der Waals surface area contributed by atoms with Crippen LogP contribution in [0.4, 0.5) is 0 Å². The van der Waals surface area contributed by atoms with Gasteiger partial charge in [0.25, 0.3) is 0 Å². The van der Waals surface area contributed by atoms with Gasteiger partial charge in [-0.25, -0.2) is 0 Å². The van der Waals surface area contributed by atoms with Crippen LogP contribution in [-0.2, 0) is 58.7 Å². The van der Waals surface area contributed by atoms with E-state index in [-0.39, 0.29) is 69.0 Å². The SMILES string of the molecule is C.CC(C)(C)OCc1ccccn1.CC(C)(C)Oc1cccnc1.CC(C)COC(C)(C)C.CC(C)COC(C)(C)C.CC(C)COC(C)(C)C.CCCCOC(C)(C)C.CCCOC(C)(C)C.CCOC(C)(C)C.CN(C)CCOC(C)(C)C.COC(C)(C)C.COCCOC(C)(C)C. The lowest BCUT2D eigenvalue weighted by Crippen LogP contribution is -2.25. The zero-order chi connectivity index (χ0) is 80.4. The van der Waals surface area contributed by atoms with E-state index in [4.69, 9.17) is 56.8 Å². The first-order valence-corrected chi connectivity index (χ1v) is 37.1. The van der Waals surface area contributed by atoms with E-state index in [0.717, 1.165) is 70.7 Å². The molecule has 0 saturated carbocycles. The van der Waals surface area contributed by atoms with E-state index < -0.39 is 0 Å². The van der Waals surface area contributed by atoms with Crippen molar-refractivity contribution in [2.75, 3.05) is 94.3 Å². The third-order valence-electron chi connectivity index (χ3n) is 9.84. The van der Waals surface area contributed by atoms with Crippen molar-refractivity contribution in [3.8, 4) is 5.75 Å². The number of likely N-dealkylation sites (N-methyl/N-ethyl adjacent to an activating group) is 1. The Morgan fingerprint density at radius 3 is 0.940 bits per heavy atom. The van der Waals surface area contributed by atoms with Gasteiger partial charge in [0.05, 0.1) is 94.3 Å². The summed E-state index contributed by atoms with van der Waals surface area (Å²) in [5.74, 6) is 2.75. The molecule has 2 aromatic heterocycles. The monoisotopic (exact) mass is 1440 g/mol. The normalized spacial score (nSPS) is 12.0. The van der Waals surface area contributed by atoms with Crippen molar-refractivity contribution in [1.82, 2.24) is 14.9 Å². The van der Waals surface area contributed by atoms with Crippen LogP contribution in [0.1, 0.15) is 323 Å². The van der Waals surface area contributed by atoms with Gasteiger partial charge in [-0.2, -0.15) is 0 Å². The van der Waals surface area contributed by atoms with Gasteiger partial charge < -0.3 is 61.7 Å². The molecule has 15 heteroatoms. The van der Waals surface area contributed by atoms with Crippen LogP contribution in [0.2, 0.25) is 0 Å². The molecule has 0 atom stereocenters. The minimum atomic E-state index is -0.136. The molecule has 100 heavy (non-hydrogen) atoms. The summed E-state index contributed by atoms with van der Waals surface area (Å²) in [7, 11) is 7.48. The van der Waals surface area contributed by atoms with Crippen molar-refractivity contribution in [3.63, 3.8) is 0 Å². The Bertz CT molecular complexity index is 1850. The molecule has 0 aromatic carbocycles. The minimum Gasteiger partial charge on any atom is -0.487 e. The molecule has 0 fully saturated rings. The second-order valence-corrected chi connectivity index (χ2v) is 36.4. The number of methoxy groups -OCH3 is 2. The van der Waals surface area contributed by atoms with E-state index in [1.807, 2.05) is 134 Å². The zero-order valence-electron chi connectivity index (χ0n) is 75.0. The third kappa shape index (κ3) is 158. The number of hydrogen-bond acceptors (Lipinski definition) is 15. The van der Waals surface area contributed by atoms with Crippen molar-refractivity contribution in [3.05, 3.63) is 54.6 Å². The summed E-state index contributed by atoms with van der Waals surface area (Å²) in [6, 6.07) is 9.60. The summed E-state index contributed by atoms with van der Waals surface area (Å²) in [5.41, 5.74) is 1.03. The van der Waals surface area contributed by atoms with Crippen molar-refractivity contribution in [2.45, 2.75) is 386 Å². The molecule has 0 radical (unpaired) electrons. The quantitative estimate of drug-likeness (QED) is 0.109. The van der Waals surface area contributed by atoms with Gasteiger partial charge in [-0.05, 0) is 304 Å². The van der Waals surface area contributed by atoms with Gasteiger partial charge in [0.1, 0.15) is 11.4 Å². The second-order valence-electron chi connectivity index (χ2n) is 36.4. The summed E-state index contributed by atoms with van der Waals surface area (Å²) in [5, 5.41) is 0. The highest BCUT2D eigenvalue weighted by Crippen LogP contribution is 2.17. The Morgan fingerprint density at radius 1 is 0.370 bits per heavy atom. The van der Waals surface area contributed by atoms with Crippen LogP contribution >= 0.6 is 0 Å². The van der Waals surface area contributed by atoms with Gasteiger partial charge in [0, 0.05) is 72.8 Å². The summed E-state index contributed by atoms with van der Waals surface area (Å²) in [6.45, 7) is 96.1. The second kappa shape index (κ2) is 63.9. The van der Waals surface area contributed by atoms with E-state index in [9.17, 15) is 0 Å². The molecule has 0 bridgehead atoms. The lowest BCUT2D eigenvalue weighted by molar-refractivity contribution is -0.0271. The predicted octanol–water partition coefficient (Wildman–Crippen LogP) is 23.5. The van der Waals surface area contributed by atoms with Gasteiger partial charge >= 0.3 is 0 Å². The number of pyridine rings is 2. The molecule has 0 aliphatic rings. The van der Waals surface area contributed by atoms with Crippen molar-refractivity contribution >= 4 is 0 Å². The maximum atomic E-state index is 5.55. The Balaban J connectivity index is -0.000000112. The van der Waals surface area contributed by atoms with Crippen LogP contribution in [0.25, 0.3) is 0 Å². The van der Waals surface area contributed by atoms with Gasteiger partial charge in [-0.15, -0.1) is 0 Å². The van der Waals surface area contributed by atoms with Crippen molar-refractivity contribution < 1.29 is 56.8 Å². The van der Waals surface area contributed by atoms with Crippen molar-refractivity contribution in [2.24, 2.45) is 17.8 Å². The highest BCUT2D eigenvalue weighted by atomic mass is 16.5. The Morgan fingerprint density at radius 2 is 0.720 bits per heavy atom. The van der Waals surface area contributed by atoms with E-state index in [1.54, 1.807) is 32.8 Å². The lowest BCUT2D eigenvalue weighted by Gasteiger charge is -2.20. The first-order chi connectivity index (χ1) is 44.1. The van der Waals surface area contributed by atoms with Crippen LogP contribution in [0.3, 0.4) is 0 Å². The Kier molecular flexibility index (Phi) is 75.8. The summed E-state index contributed by atoms with van der Waals surface area (Å²) in [6.07, 6.45) is 8.73. The van der Waals surface area contributed by atoms with Crippen LogP contribution in [0.5, 0.6) is 5.75 Å². The summed E-state index contributed by atoms with van der Waals surface area (Å²) < 4.78 is 64.2. The molecule has 0 unspecified atom stereocenters. The fraction of sp³-hybridized carbons (Fsp3) is 0.882. The van der Waals surface area contributed by atoms with Gasteiger partial charge in [0.15, 0.2) is 0 Å². The first kappa shape index (κ1) is 119. The molecule has 0 saturated heterocycles. The third-order valence-corrected chi connectivity index (χ3v) is 9.84. The number of aromatic nitrogens is 2. The molecule has 2 aromatic rings. The van der Waals surface area contributed by atoms with Gasteiger partial charge in [-0.1, -0.05) is 75.3 Å². The molecular weight excluding hydrogens is 1250 g/mol. The number of nitrogens with zero attached hydrogens (tertiary/aromatic N) is 3. The van der Waals surface area contributed by atoms with Crippen LogP contribution in [0, 0.1) is 17.8 Å². The molecule has 608 valence electrons. The van der Waals surface area contributed by atoms with E-state index >= 15 is 0 Å². The summed E-state index contributed by atoms with van der Waals surface area (Å²) in [4.78, 5) is 10.2. The fourth-order valence-corrected chi connectivity index (χ4v) is 5.11. The highest BCUT2D eigenvalue weighted by Gasteiger charge is 2.16. The maximum Gasteiger partial charge on any atom is 0.138 e. The lowest BCUT2D eigenvalue weighted by atomic mass is 10.2. The molecule has 15 nitrogen and oxygen atoms in total. The average molecular weight is 1440 g/mol. The minimum absolute atomic E-state index is 0. The first-order valence-electron chi connectivity index (χ1n) is 37.1. The zero-order valence-corrected chi connectivity index (χ0v) is 75.0.